The minimum absolute atomic E-state index is 0.0945. The van der Waals surface area contributed by atoms with Gasteiger partial charge in [-0.1, -0.05) is 30.3 Å². The van der Waals surface area contributed by atoms with Gasteiger partial charge >= 0.3 is 0 Å². The SMILES string of the molecule is Cn1cc(C(=O)N2CCN(Cc3ccccc3)CC2)c(=O)c2cc(F)ccc21. The van der Waals surface area contributed by atoms with Crippen molar-refractivity contribution in [3.63, 3.8) is 0 Å². The summed E-state index contributed by atoms with van der Waals surface area (Å²) in [6.45, 7) is 3.48. The van der Waals surface area contributed by atoms with Gasteiger partial charge in [-0.05, 0) is 23.8 Å². The molecule has 5 nitrogen and oxygen atoms in total. The fourth-order valence-corrected chi connectivity index (χ4v) is 3.74. The van der Waals surface area contributed by atoms with E-state index in [0.29, 0.717) is 18.6 Å². The molecule has 0 N–H and O–H groups in total. The number of piperazine rings is 1. The van der Waals surface area contributed by atoms with Gasteiger partial charge in [0.1, 0.15) is 11.4 Å². The lowest BCUT2D eigenvalue weighted by atomic mass is 10.1. The number of pyridine rings is 1. The number of benzene rings is 2. The summed E-state index contributed by atoms with van der Waals surface area (Å²) in [4.78, 5) is 29.8. The highest BCUT2D eigenvalue weighted by molar-refractivity contribution is 5.97. The number of rotatable bonds is 3. The Morgan fingerprint density at radius 3 is 2.46 bits per heavy atom. The van der Waals surface area contributed by atoms with Crippen LogP contribution >= 0.6 is 0 Å². The number of hydrogen-bond acceptors (Lipinski definition) is 3. The second-order valence-electron chi connectivity index (χ2n) is 7.20. The summed E-state index contributed by atoms with van der Waals surface area (Å²) < 4.78 is 15.3. The molecule has 1 saturated heterocycles. The van der Waals surface area contributed by atoms with Gasteiger partial charge in [-0.3, -0.25) is 14.5 Å². The molecule has 3 aromatic rings. The topological polar surface area (TPSA) is 45.6 Å². The van der Waals surface area contributed by atoms with Crippen LogP contribution in [0.4, 0.5) is 4.39 Å². The first-order valence-electron chi connectivity index (χ1n) is 9.37. The maximum absolute atomic E-state index is 13.6. The molecule has 0 aliphatic carbocycles. The third kappa shape index (κ3) is 3.55. The van der Waals surface area contributed by atoms with Gasteiger partial charge in [0.05, 0.1) is 5.52 Å². The summed E-state index contributed by atoms with van der Waals surface area (Å²) in [6.07, 6.45) is 1.56. The molecule has 0 atom stereocenters. The van der Waals surface area contributed by atoms with Crippen LogP contribution in [0.1, 0.15) is 15.9 Å². The Hall–Kier alpha value is -2.99. The van der Waals surface area contributed by atoms with E-state index in [0.717, 1.165) is 19.6 Å². The number of aryl methyl sites for hydroxylation is 1. The van der Waals surface area contributed by atoms with Crippen molar-refractivity contribution in [3.8, 4) is 0 Å². The molecule has 0 bridgehead atoms. The second-order valence-corrected chi connectivity index (χ2v) is 7.20. The average molecular weight is 379 g/mol. The van der Waals surface area contributed by atoms with Gasteiger partial charge in [-0.2, -0.15) is 0 Å². The van der Waals surface area contributed by atoms with Gasteiger partial charge in [0.2, 0.25) is 5.43 Å². The zero-order valence-corrected chi connectivity index (χ0v) is 15.8. The molecule has 0 unspecified atom stereocenters. The van der Waals surface area contributed by atoms with E-state index in [-0.39, 0.29) is 16.9 Å². The van der Waals surface area contributed by atoms with Crippen LogP contribution in [-0.2, 0) is 13.6 Å². The molecule has 4 rings (SSSR count). The molecular formula is C22H22FN3O2. The Morgan fingerprint density at radius 2 is 1.75 bits per heavy atom. The molecule has 0 spiro atoms. The molecule has 0 saturated carbocycles. The van der Waals surface area contributed by atoms with Gasteiger partial charge in [0.15, 0.2) is 0 Å². The maximum atomic E-state index is 13.6. The molecule has 28 heavy (non-hydrogen) atoms. The zero-order valence-electron chi connectivity index (χ0n) is 15.8. The summed E-state index contributed by atoms with van der Waals surface area (Å²) in [5.41, 5.74) is 1.53. The van der Waals surface area contributed by atoms with Crippen LogP contribution in [0, 0.1) is 5.82 Å². The summed E-state index contributed by atoms with van der Waals surface area (Å²) in [5, 5.41) is 0.232. The normalized spacial score (nSPS) is 15.1. The van der Waals surface area contributed by atoms with Crippen LogP contribution in [0.2, 0.25) is 0 Å². The lowest BCUT2D eigenvalue weighted by molar-refractivity contribution is 0.0626. The van der Waals surface area contributed by atoms with Crippen molar-refractivity contribution in [1.82, 2.24) is 14.4 Å². The summed E-state index contributed by atoms with van der Waals surface area (Å²) in [6, 6.07) is 14.3. The minimum atomic E-state index is -0.483. The smallest absolute Gasteiger partial charge is 0.259 e. The van der Waals surface area contributed by atoms with Crippen LogP contribution in [0.25, 0.3) is 10.9 Å². The third-order valence-electron chi connectivity index (χ3n) is 5.29. The van der Waals surface area contributed by atoms with Crippen LogP contribution in [0.3, 0.4) is 0 Å². The second kappa shape index (κ2) is 7.56. The third-order valence-corrected chi connectivity index (χ3v) is 5.29. The Kier molecular flexibility index (Phi) is 4.96. The van der Waals surface area contributed by atoms with E-state index >= 15 is 0 Å². The molecule has 1 aliphatic heterocycles. The summed E-state index contributed by atoms with van der Waals surface area (Å²) >= 11 is 0. The lowest BCUT2D eigenvalue weighted by Gasteiger charge is -2.34. The molecular weight excluding hydrogens is 357 g/mol. The monoisotopic (exact) mass is 379 g/mol. The minimum Gasteiger partial charge on any atom is -0.350 e. The largest absolute Gasteiger partial charge is 0.350 e. The standard InChI is InChI=1S/C22H22FN3O2/c1-24-15-19(21(27)18-13-17(23)7-8-20(18)24)22(28)26-11-9-25(10-12-26)14-16-5-3-2-4-6-16/h2-8,13,15H,9-12,14H2,1H3. The molecule has 2 aromatic carbocycles. The Morgan fingerprint density at radius 1 is 1.04 bits per heavy atom. The fourth-order valence-electron chi connectivity index (χ4n) is 3.74. The number of amides is 1. The highest BCUT2D eigenvalue weighted by Crippen LogP contribution is 2.15. The van der Waals surface area contributed by atoms with Crippen molar-refractivity contribution in [3.05, 3.63) is 81.9 Å². The first-order chi connectivity index (χ1) is 13.5. The van der Waals surface area contributed by atoms with Gasteiger partial charge in [0.25, 0.3) is 5.91 Å². The molecule has 2 heterocycles. The first kappa shape index (κ1) is 18.4. The number of halogens is 1. The Bertz CT molecular complexity index is 1070. The molecule has 144 valence electrons. The Labute approximate surface area is 162 Å². The van der Waals surface area contributed by atoms with Crippen LogP contribution in [0.15, 0.2) is 59.5 Å². The van der Waals surface area contributed by atoms with E-state index in [1.807, 2.05) is 18.2 Å². The summed E-state index contributed by atoms with van der Waals surface area (Å²) in [7, 11) is 1.76. The quantitative estimate of drug-likeness (QED) is 0.703. The van der Waals surface area contributed by atoms with E-state index in [1.165, 1.54) is 17.7 Å². The van der Waals surface area contributed by atoms with E-state index in [4.69, 9.17) is 0 Å². The van der Waals surface area contributed by atoms with Gasteiger partial charge in [-0.15, -0.1) is 0 Å². The van der Waals surface area contributed by atoms with E-state index in [9.17, 15) is 14.0 Å². The number of hydrogen-bond donors (Lipinski definition) is 0. The first-order valence-corrected chi connectivity index (χ1v) is 9.37. The van der Waals surface area contributed by atoms with Crippen molar-refractivity contribution < 1.29 is 9.18 Å². The van der Waals surface area contributed by atoms with Crippen molar-refractivity contribution in [1.29, 1.82) is 0 Å². The molecule has 1 aromatic heterocycles. The zero-order chi connectivity index (χ0) is 19.7. The number of nitrogens with zero attached hydrogens (tertiary/aromatic N) is 3. The average Bonchev–Trinajstić information content (AvgIpc) is 2.71. The van der Waals surface area contributed by atoms with Gasteiger partial charge in [-0.25, -0.2) is 4.39 Å². The summed E-state index contributed by atoms with van der Waals surface area (Å²) in [5.74, 6) is -0.769. The van der Waals surface area contributed by atoms with Crippen LogP contribution < -0.4 is 5.43 Å². The number of fused-ring (bicyclic) bond motifs is 1. The predicted molar refractivity (Wildman–Crippen MR) is 107 cm³/mol. The predicted octanol–water partition coefficient (Wildman–Crippen LogP) is 2.64. The van der Waals surface area contributed by atoms with Gasteiger partial charge < -0.3 is 9.47 Å². The van der Waals surface area contributed by atoms with Crippen molar-refractivity contribution >= 4 is 16.8 Å². The van der Waals surface area contributed by atoms with Crippen molar-refractivity contribution in [2.45, 2.75) is 6.54 Å². The molecule has 0 radical (unpaired) electrons. The lowest BCUT2D eigenvalue weighted by Crippen LogP contribution is -2.49. The molecule has 1 fully saturated rings. The van der Waals surface area contributed by atoms with Crippen LogP contribution in [-0.4, -0.2) is 46.5 Å². The van der Waals surface area contributed by atoms with Crippen LogP contribution in [0.5, 0.6) is 0 Å². The number of aromatic nitrogens is 1. The van der Waals surface area contributed by atoms with E-state index in [2.05, 4.69) is 17.0 Å². The molecule has 1 aliphatic rings. The number of carbonyl (C=O) groups excluding carboxylic acids is 1. The highest BCUT2D eigenvalue weighted by atomic mass is 19.1. The van der Waals surface area contributed by atoms with E-state index < -0.39 is 11.2 Å². The van der Waals surface area contributed by atoms with Crippen molar-refractivity contribution in [2.75, 3.05) is 26.2 Å². The van der Waals surface area contributed by atoms with Gasteiger partial charge in [0, 0.05) is 51.4 Å². The van der Waals surface area contributed by atoms with E-state index in [1.54, 1.807) is 28.8 Å². The number of carbonyl (C=O) groups is 1. The fraction of sp³-hybridized carbons (Fsp3) is 0.273. The van der Waals surface area contributed by atoms with Crippen molar-refractivity contribution in [2.24, 2.45) is 7.05 Å². The molecule has 6 heteroatoms. The Balaban J connectivity index is 1.51. The maximum Gasteiger partial charge on any atom is 0.259 e. The molecule has 1 amide bonds. The highest BCUT2D eigenvalue weighted by Gasteiger charge is 2.25.